The monoisotopic (exact) mass is 434 g/mol. The topological polar surface area (TPSA) is 97.0 Å². The summed E-state index contributed by atoms with van der Waals surface area (Å²) in [4.78, 5) is 24.2. The highest BCUT2D eigenvalue weighted by atomic mass is 35.5. The molecule has 31 heavy (non-hydrogen) atoms. The van der Waals surface area contributed by atoms with Crippen LogP contribution in [0.5, 0.6) is 0 Å². The van der Waals surface area contributed by atoms with Gasteiger partial charge in [-0.3, -0.25) is 9.48 Å². The van der Waals surface area contributed by atoms with E-state index >= 15 is 0 Å². The van der Waals surface area contributed by atoms with E-state index < -0.39 is 11.9 Å². The number of hydrogen-bond donors (Lipinski definition) is 1. The fourth-order valence-electron chi connectivity index (χ4n) is 2.76. The van der Waals surface area contributed by atoms with Crippen molar-refractivity contribution in [2.45, 2.75) is 13.5 Å². The Bertz CT molecular complexity index is 1160. The molecule has 2 aromatic carbocycles. The molecule has 0 spiro atoms. The van der Waals surface area contributed by atoms with Gasteiger partial charge in [-0.15, -0.1) is 0 Å². The van der Waals surface area contributed by atoms with Crippen LogP contribution in [0.2, 0.25) is 5.02 Å². The number of nitriles is 1. The predicted molar refractivity (Wildman–Crippen MR) is 117 cm³/mol. The van der Waals surface area contributed by atoms with Crippen LogP contribution >= 0.6 is 11.6 Å². The van der Waals surface area contributed by atoms with E-state index in [0.29, 0.717) is 28.4 Å². The highest BCUT2D eigenvalue weighted by Crippen LogP contribution is 2.17. The molecule has 1 heterocycles. The Kier molecular flexibility index (Phi) is 7.20. The number of amides is 1. The maximum Gasteiger partial charge on any atom is 0.338 e. The van der Waals surface area contributed by atoms with Crippen molar-refractivity contribution in [1.82, 2.24) is 9.78 Å². The van der Waals surface area contributed by atoms with Gasteiger partial charge in [-0.25, -0.2) is 4.79 Å². The van der Waals surface area contributed by atoms with Gasteiger partial charge in [0.15, 0.2) is 0 Å². The molecule has 7 nitrogen and oxygen atoms in total. The van der Waals surface area contributed by atoms with Crippen molar-refractivity contribution in [3.05, 3.63) is 88.2 Å². The molecule has 0 fully saturated rings. The zero-order valence-corrected chi connectivity index (χ0v) is 17.5. The van der Waals surface area contributed by atoms with E-state index in [0.717, 1.165) is 5.56 Å². The molecule has 1 amide bonds. The molecule has 1 aromatic heterocycles. The van der Waals surface area contributed by atoms with E-state index in [2.05, 4.69) is 10.4 Å². The number of esters is 1. The van der Waals surface area contributed by atoms with Gasteiger partial charge in [-0.1, -0.05) is 29.8 Å². The second-order valence-electron chi connectivity index (χ2n) is 6.48. The number of hydrogen-bond acceptors (Lipinski definition) is 5. The van der Waals surface area contributed by atoms with Gasteiger partial charge < -0.3 is 10.1 Å². The van der Waals surface area contributed by atoms with Gasteiger partial charge >= 0.3 is 5.97 Å². The molecule has 0 aliphatic carbocycles. The minimum Gasteiger partial charge on any atom is -0.462 e. The van der Waals surface area contributed by atoms with E-state index in [1.165, 1.54) is 6.08 Å². The Morgan fingerprint density at radius 3 is 2.65 bits per heavy atom. The summed E-state index contributed by atoms with van der Waals surface area (Å²) in [7, 11) is 0. The minimum atomic E-state index is -0.565. The van der Waals surface area contributed by atoms with Gasteiger partial charge in [0, 0.05) is 22.5 Å². The Balaban J connectivity index is 1.68. The largest absolute Gasteiger partial charge is 0.462 e. The first-order valence-corrected chi connectivity index (χ1v) is 9.84. The van der Waals surface area contributed by atoms with E-state index in [4.69, 9.17) is 16.3 Å². The smallest absolute Gasteiger partial charge is 0.338 e. The number of halogens is 1. The second kappa shape index (κ2) is 10.2. The summed E-state index contributed by atoms with van der Waals surface area (Å²) in [6, 6.07) is 15.6. The first-order valence-electron chi connectivity index (χ1n) is 9.46. The predicted octanol–water partition coefficient (Wildman–Crippen LogP) is 4.31. The number of ether oxygens (including phenoxy) is 1. The Morgan fingerprint density at radius 2 is 1.97 bits per heavy atom. The van der Waals surface area contributed by atoms with Crippen molar-refractivity contribution in [1.29, 1.82) is 5.26 Å². The van der Waals surface area contributed by atoms with Crippen LogP contribution in [0, 0.1) is 11.3 Å². The molecular weight excluding hydrogens is 416 g/mol. The van der Waals surface area contributed by atoms with Gasteiger partial charge in [0.05, 0.1) is 24.9 Å². The summed E-state index contributed by atoms with van der Waals surface area (Å²) in [5.74, 6) is -1.00. The molecule has 8 heteroatoms. The zero-order valence-electron chi connectivity index (χ0n) is 16.7. The molecule has 0 saturated heterocycles. The third-order valence-electron chi connectivity index (χ3n) is 4.27. The number of benzene rings is 2. The maximum atomic E-state index is 12.5. The molecule has 0 aliphatic rings. The van der Waals surface area contributed by atoms with Crippen LogP contribution in [0.1, 0.15) is 28.4 Å². The molecule has 3 aromatic rings. The molecule has 0 aliphatic heterocycles. The quantitative estimate of drug-likeness (QED) is 0.339. The number of nitrogens with zero attached hydrogens (tertiary/aromatic N) is 3. The number of carbonyl (C=O) groups is 2. The Hall–Kier alpha value is -3.89. The van der Waals surface area contributed by atoms with E-state index in [9.17, 15) is 14.9 Å². The normalized spacial score (nSPS) is 10.9. The molecule has 0 bridgehead atoms. The first-order chi connectivity index (χ1) is 15.0. The maximum absolute atomic E-state index is 12.5. The van der Waals surface area contributed by atoms with Crippen molar-refractivity contribution in [3.8, 4) is 6.07 Å². The van der Waals surface area contributed by atoms with E-state index in [1.54, 1.807) is 54.3 Å². The standard InChI is InChI=1S/C23H19ClN4O3/c1-2-31-23(30)17-7-9-20(10-8-17)27-22(29)19(12-25)11-16-13-26-28(14-16)15-18-5-3-4-6-21(18)24/h3-11,13-14H,2,15H2,1H3,(H,27,29)/b19-11+. The summed E-state index contributed by atoms with van der Waals surface area (Å²) < 4.78 is 6.60. The van der Waals surface area contributed by atoms with Crippen LogP contribution in [-0.2, 0) is 16.1 Å². The lowest BCUT2D eigenvalue weighted by molar-refractivity contribution is -0.112. The van der Waals surface area contributed by atoms with Gasteiger partial charge in [-0.05, 0) is 48.9 Å². The fourth-order valence-corrected chi connectivity index (χ4v) is 2.95. The van der Waals surface area contributed by atoms with Crippen molar-refractivity contribution in [2.75, 3.05) is 11.9 Å². The van der Waals surface area contributed by atoms with Gasteiger partial charge in [0.2, 0.25) is 0 Å². The molecule has 0 unspecified atom stereocenters. The van der Waals surface area contributed by atoms with Crippen LogP contribution in [0.3, 0.4) is 0 Å². The zero-order chi connectivity index (χ0) is 22.2. The molecular formula is C23H19ClN4O3. The average Bonchev–Trinajstić information content (AvgIpc) is 3.21. The Labute approximate surface area is 184 Å². The molecule has 0 saturated carbocycles. The number of nitrogens with one attached hydrogen (secondary N) is 1. The lowest BCUT2D eigenvalue weighted by Gasteiger charge is -2.06. The number of aromatic nitrogens is 2. The third-order valence-corrected chi connectivity index (χ3v) is 4.64. The summed E-state index contributed by atoms with van der Waals surface area (Å²) in [6.07, 6.45) is 4.75. The second-order valence-corrected chi connectivity index (χ2v) is 6.89. The molecule has 1 N–H and O–H groups in total. The van der Waals surface area contributed by atoms with Crippen molar-refractivity contribution in [2.24, 2.45) is 0 Å². The first kappa shape index (κ1) is 21.8. The van der Waals surface area contributed by atoms with Crippen LogP contribution in [-0.4, -0.2) is 28.3 Å². The lowest BCUT2D eigenvalue weighted by Crippen LogP contribution is -2.13. The van der Waals surface area contributed by atoms with E-state index in [1.807, 2.05) is 24.3 Å². The fraction of sp³-hybridized carbons (Fsp3) is 0.130. The van der Waals surface area contributed by atoms with Crippen molar-refractivity contribution >= 4 is 35.2 Å². The summed E-state index contributed by atoms with van der Waals surface area (Å²) >= 11 is 6.17. The highest BCUT2D eigenvalue weighted by molar-refractivity contribution is 6.31. The van der Waals surface area contributed by atoms with Gasteiger partial charge in [0.1, 0.15) is 11.6 Å². The van der Waals surface area contributed by atoms with Crippen molar-refractivity contribution < 1.29 is 14.3 Å². The number of anilines is 1. The molecule has 3 rings (SSSR count). The average molecular weight is 435 g/mol. The minimum absolute atomic E-state index is 0.0771. The highest BCUT2D eigenvalue weighted by Gasteiger charge is 2.12. The number of carbonyl (C=O) groups excluding carboxylic acids is 2. The van der Waals surface area contributed by atoms with Gasteiger partial charge in [-0.2, -0.15) is 10.4 Å². The van der Waals surface area contributed by atoms with Crippen LogP contribution < -0.4 is 5.32 Å². The third kappa shape index (κ3) is 5.81. The lowest BCUT2D eigenvalue weighted by atomic mass is 10.1. The Morgan fingerprint density at radius 1 is 1.23 bits per heavy atom. The summed E-state index contributed by atoms with van der Waals surface area (Å²) in [6.45, 7) is 2.47. The van der Waals surface area contributed by atoms with Crippen LogP contribution in [0.4, 0.5) is 5.69 Å². The van der Waals surface area contributed by atoms with Crippen LogP contribution in [0.25, 0.3) is 6.08 Å². The summed E-state index contributed by atoms with van der Waals surface area (Å²) in [5.41, 5.74) is 2.27. The number of rotatable bonds is 7. The molecule has 0 radical (unpaired) electrons. The molecule has 0 atom stereocenters. The SMILES string of the molecule is CCOC(=O)c1ccc(NC(=O)/C(C#N)=C/c2cnn(Cc3ccccc3Cl)c2)cc1. The van der Waals surface area contributed by atoms with Crippen LogP contribution in [0.15, 0.2) is 66.5 Å². The molecule has 156 valence electrons. The van der Waals surface area contributed by atoms with E-state index in [-0.39, 0.29) is 12.2 Å². The summed E-state index contributed by atoms with van der Waals surface area (Å²) in [5, 5.41) is 16.9. The van der Waals surface area contributed by atoms with Gasteiger partial charge in [0.25, 0.3) is 5.91 Å². The van der Waals surface area contributed by atoms with Crippen molar-refractivity contribution in [3.63, 3.8) is 0 Å².